The van der Waals surface area contributed by atoms with Gasteiger partial charge in [0.05, 0.1) is 43.4 Å². The summed E-state index contributed by atoms with van der Waals surface area (Å²) in [4.78, 5) is 27.4. The minimum Gasteiger partial charge on any atom is -0.462 e. The van der Waals surface area contributed by atoms with Gasteiger partial charge < -0.3 is 98.1 Å². The highest BCUT2D eigenvalue weighted by Gasteiger charge is 2.79. The molecule has 0 amide bonds. The Morgan fingerprint density at radius 2 is 1.40 bits per heavy atom. The van der Waals surface area contributed by atoms with Gasteiger partial charge in [0.1, 0.15) is 91.1 Å². The zero-order valence-electron chi connectivity index (χ0n) is 46.3. The van der Waals surface area contributed by atoms with Crippen LogP contribution < -0.4 is 0 Å². The SMILES string of the molecule is COC1OCC(O)C(O)C1OC1OC(C)C(OC2OC(CO)C(O)C(OC3OCC(O)C(OC4CCC5(C)C6CCC78C(=O)OC(C)(CCCC(C)C)C7C(OC(C)=O)CC8(C)C6=CCC5C4(C)C)C3O)C2O)C(O)C1O. The number of rotatable bonds is 15. The van der Waals surface area contributed by atoms with Gasteiger partial charge in [-0.05, 0) is 93.8 Å². The molecule has 8 fully saturated rings. The van der Waals surface area contributed by atoms with Crippen molar-refractivity contribution in [2.75, 3.05) is 26.9 Å². The molecule has 27 unspecified atom stereocenters. The lowest BCUT2D eigenvalue weighted by molar-refractivity contribution is -0.384. The van der Waals surface area contributed by atoms with Crippen LogP contribution in [0, 0.1) is 45.3 Å². The molecule has 22 heteroatoms. The predicted octanol–water partition coefficient (Wildman–Crippen LogP) is 0.873. The number of carbonyl (C=O) groups is 2. The molecule has 0 aromatic rings. The molecule has 0 aromatic heterocycles. The number of aliphatic hydroxyl groups excluding tert-OH is 9. The molecule has 5 heterocycles. The van der Waals surface area contributed by atoms with Gasteiger partial charge in [-0.25, -0.2) is 0 Å². The molecule has 0 bridgehead atoms. The fourth-order valence-corrected chi connectivity index (χ4v) is 16.3. The van der Waals surface area contributed by atoms with Gasteiger partial charge in [-0.3, -0.25) is 9.59 Å². The predicted molar refractivity (Wildman–Crippen MR) is 265 cm³/mol. The molecule has 4 aliphatic carbocycles. The molecule has 9 N–H and O–H groups in total. The van der Waals surface area contributed by atoms with E-state index >= 15 is 0 Å². The summed E-state index contributed by atoms with van der Waals surface area (Å²) in [6, 6.07) is 0. The second-order valence-electron chi connectivity index (χ2n) is 25.6. The van der Waals surface area contributed by atoms with Gasteiger partial charge in [-0.1, -0.05) is 59.6 Å². The molecular weight excluding hydrogens is 1010 g/mol. The Hall–Kier alpha value is -2.04. The largest absolute Gasteiger partial charge is 0.462 e. The maximum absolute atomic E-state index is 14.6. The average Bonchev–Trinajstić information content (AvgIpc) is 3.98. The quantitative estimate of drug-likeness (QED) is 0.0812. The maximum atomic E-state index is 14.6. The van der Waals surface area contributed by atoms with Crippen LogP contribution in [-0.2, 0) is 61.7 Å². The Morgan fingerprint density at radius 1 is 0.753 bits per heavy atom. The van der Waals surface area contributed by atoms with Crippen molar-refractivity contribution in [2.24, 2.45) is 45.3 Å². The summed E-state index contributed by atoms with van der Waals surface area (Å²) < 4.78 is 65.4. The fraction of sp³-hybridized carbons (Fsp3) is 0.927. The lowest BCUT2D eigenvalue weighted by atomic mass is 9.40. The highest BCUT2D eigenvalue weighted by molar-refractivity contribution is 5.84. The van der Waals surface area contributed by atoms with Crippen molar-refractivity contribution in [3.63, 3.8) is 0 Å². The number of allylic oxidation sites excluding steroid dienone is 2. The number of cyclic esters (lactones) is 1. The summed E-state index contributed by atoms with van der Waals surface area (Å²) in [5, 5.41) is 100. The number of carbonyl (C=O) groups excluding carboxylic acids is 2. The van der Waals surface area contributed by atoms with Gasteiger partial charge in [0.15, 0.2) is 25.2 Å². The summed E-state index contributed by atoms with van der Waals surface area (Å²) in [7, 11) is 1.29. The Bertz CT molecular complexity index is 2130. The monoisotopic (exact) mass is 1100 g/mol. The topological polar surface area (TPSA) is 318 Å². The van der Waals surface area contributed by atoms with Crippen molar-refractivity contribution < 1.29 is 108 Å². The summed E-state index contributed by atoms with van der Waals surface area (Å²) in [6.45, 7) is 16.8. The third kappa shape index (κ3) is 10.1. The summed E-state index contributed by atoms with van der Waals surface area (Å²) in [5.74, 6) is -0.144. The van der Waals surface area contributed by atoms with Gasteiger partial charge >= 0.3 is 11.9 Å². The van der Waals surface area contributed by atoms with Crippen LogP contribution in [0.1, 0.15) is 120 Å². The third-order valence-electron chi connectivity index (χ3n) is 20.2. The molecule has 9 rings (SSSR count). The van der Waals surface area contributed by atoms with E-state index in [1.54, 1.807) is 0 Å². The molecule has 27 atom stereocenters. The van der Waals surface area contributed by atoms with Crippen LogP contribution in [0.2, 0.25) is 0 Å². The number of ether oxygens (including phenoxy) is 11. The zero-order valence-corrected chi connectivity index (χ0v) is 46.3. The van der Waals surface area contributed by atoms with Crippen LogP contribution in [0.15, 0.2) is 11.6 Å². The average molecular weight is 1100 g/mol. The highest BCUT2D eigenvalue weighted by Crippen LogP contribution is 2.77. The standard InChI is InChI=1S/C55H88O22/c1-24(2)12-11-17-54(9)45-31(71-26(4)57)20-53(8)28-13-14-33-51(5,6)34(16-18-52(33,7)27(28)15-19-55(45,53)50(66)77-54)73-42-30(59)23-68-46(39(42)64)75-43-36(61)32(21-56)72-48(40(43)65)74-41-25(3)70-47(38(63)37(41)62)76-44-35(60)29(58)22-69-49(44)67-10/h13,24-25,27,29-49,56,58-65H,11-12,14-23H2,1-10H3. The van der Waals surface area contributed by atoms with Crippen LogP contribution in [-0.4, -0.2) is 213 Å². The Labute approximate surface area is 450 Å². The molecule has 0 aromatic carbocycles. The first-order valence-corrected chi connectivity index (χ1v) is 28.0. The van der Waals surface area contributed by atoms with E-state index in [-0.39, 0.29) is 48.3 Å². The van der Waals surface area contributed by atoms with Crippen LogP contribution >= 0.6 is 0 Å². The molecule has 22 nitrogen and oxygen atoms in total. The molecule has 0 radical (unpaired) electrons. The van der Waals surface area contributed by atoms with E-state index < -0.39 is 151 Å². The second kappa shape index (κ2) is 22.3. The van der Waals surface area contributed by atoms with Gasteiger partial charge in [-0.15, -0.1) is 0 Å². The Kier molecular flexibility index (Phi) is 17.2. The number of hydrogen-bond donors (Lipinski definition) is 9. The number of esters is 2. The summed E-state index contributed by atoms with van der Waals surface area (Å²) in [6.07, 6.45) is -19.3. The first-order chi connectivity index (χ1) is 36.2. The van der Waals surface area contributed by atoms with E-state index in [2.05, 4.69) is 47.6 Å². The summed E-state index contributed by atoms with van der Waals surface area (Å²) >= 11 is 0. The zero-order chi connectivity index (χ0) is 56.1. The van der Waals surface area contributed by atoms with Gasteiger partial charge in [-0.2, -0.15) is 0 Å². The first-order valence-electron chi connectivity index (χ1n) is 28.0. The smallest absolute Gasteiger partial charge is 0.314 e. The van der Waals surface area contributed by atoms with E-state index in [0.717, 1.165) is 25.7 Å². The Balaban J connectivity index is 0.877. The van der Waals surface area contributed by atoms with E-state index in [4.69, 9.17) is 52.1 Å². The highest BCUT2D eigenvalue weighted by atomic mass is 16.8. The van der Waals surface area contributed by atoms with E-state index in [0.29, 0.717) is 38.0 Å². The second-order valence-corrected chi connectivity index (χ2v) is 25.6. The van der Waals surface area contributed by atoms with Crippen LogP contribution in [0.25, 0.3) is 0 Å². The minimum atomic E-state index is -1.86. The van der Waals surface area contributed by atoms with Gasteiger partial charge in [0, 0.05) is 19.4 Å². The molecule has 440 valence electrons. The van der Waals surface area contributed by atoms with Crippen LogP contribution in [0.5, 0.6) is 0 Å². The van der Waals surface area contributed by atoms with Crippen molar-refractivity contribution in [3.05, 3.63) is 11.6 Å². The molecule has 1 spiro atoms. The van der Waals surface area contributed by atoms with Crippen LogP contribution in [0.4, 0.5) is 0 Å². The number of methoxy groups -OCH3 is 1. The van der Waals surface area contributed by atoms with Crippen molar-refractivity contribution in [2.45, 2.75) is 249 Å². The molecule has 5 saturated heterocycles. The normalized spacial score (nSPS) is 51.5. The minimum absolute atomic E-state index is 0.0752. The number of hydrogen-bond acceptors (Lipinski definition) is 22. The lowest BCUT2D eigenvalue weighted by Crippen LogP contribution is -2.66. The number of fused-ring (bicyclic) bond motifs is 4. The number of aliphatic hydroxyl groups is 9. The molecule has 9 aliphatic rings. The summed E-state index contributed by atoms with van der Waals surface area (Å²) in [5.41, 5.74) is -1.73. The van der Waals surface area contributed by atoms with Gasteiger partial charge in [0.25, 0.3) is 0 Å². The van der Waals surface area contributed by atoms with Crippen molar-refractivity contribution in [1.82, 2.24) is 0 Å². The Morgan fingerprint density at radius 3 is 2.08 bits per heavy atom. The molecule has 77 heavy (non-hydrogen) atoms. The van der Waals surface area contributed by atoms with Crippen molar-refractivity contribution >= 4 is 11.9 Å². The van der Waals surface area contributed by atoms with E-state index in [1.165, 1.54) is 26.5 Å². The van der Waals surface area contributed by atoms with Crippen molar-refractivity contribution in [1.29, 1.82) is 0 Å². The fourth-order valence-electron chi connectivity index (χ4n) is 16.3. The van der Waals surface area contributed by atoms with Gasteiger partial charge in [0.2, 0.25) is 0 Å². The van der Waals surface area contributed by atoms with Crippen LogP contribution in [0.3, 0.4) is 0 Å². The van der Waals surface area contributed by atoms with Crippen molar-refractivity contribution in [3.8, 4) is 0 Å². The third-order valence-corrected chi connectivity index (χ3v) is 20.2. The molecule has 3 saturated carbocycles. The molecular formula is C55H88O22. The van der Waals surface area contributed by atoms with E-state index in [1.807, 2.05) is 6.92 Å². The first kappa shape index (κ1) is 59.6. The maximum Gasteiger partial charge on any atom is 0.314 e. The lowest BCUT2D eigenvalue weighted by Gasteiger charge is -2.64. The van der Waals surface area contributed by atoms with E-state index in [9.17, 15) is 55.5 Å². The molecule has 5 aliphatic heterocycles.